The number of nitrogens with one attached hydrogen (secondary N) is 1. The van der Waals surface area contributed by atoms with E-state index in [0.29, 0.717) is 22.2 Å². The molecule has 4 rings (SSSR count). The Balaban J connectivity index is 1.41. The molecule has 0 radical (unpaired) electrons. The zero-order valence-electron chi connectivity index (χ0n) is 14.2. The van der Waals surface area contributed by atoms with Crippen LogP contribution in [0.2, 0.25) is 5.02 Å². The molecule has 2 aromatic carbocycles. The standard InChI is InChI=1S/C19H12ClNO7/c20-10-1-3-14-12(5-10)13(22)7-17(28-14)19(24)25-8-18(23)21-11-2-4-15-16(6-11)27-9-26-15/h1-7H,8-9H2,(H,21,23). The second-order valence-corrected chi connectivity index (χ2v) is 6.24. The third-order valence-electron chi connectivity index (χ3n) is 3.88. The largest absolute Gasteiger partial charge is 0.454 e. The smallest absolute Gasteiger partial charge is 0.374 e. The molecule has 0 saturated carbocycles. The van der Waals surface area contributed by atoms with Crippen molar-refractivity contribution in [2.75, 3.05) is 18.7 Å². The third kappa shape index (κ3) is 3.63. The minimum absolute atomic E-state index is 0.119. The van der Waals surface area contributed by atoms with E-state index < -0.39 is 23.9 Å². The van der Waals surface area contributed by atoms with E-state index in [4.69, 9.17) is 30.2 Å². The fourth-order valence-corrected chi connectivity index (χ4v) is 2.77. The minimum atomic E-state index is -0.935. The molecular formula is C19H12ClNO7. The number of carbonyl (C=O) groups is 2. The van der Waals surface area contributed by atoms with Gasteiger partial charge in [0.1, 0.15) is 5.58 Å². The van der Waals surface area contributed by atoms with E-state index >= 15 is 0 Å². The number of hydrogen-bond acceptors (Lipinski definition) is 7. The number of halogens is 1. The van der Waals surface area contributed by atoms with Gasteiger partial charge in [-0.3, -0.25) is 9.59 Å². The molecule has 142 valence electrons. The van der Waals surface area contributed by atoms with Gasteiger partial charge in [-0.1, -0.05) is 11.6 Å². The maximum absolute atomic E-state index is 12.1. The second-order valence-electron chi connectivity index (χ2n) is 5.81. The number of anilines is 1. The first kappa shape index (κ1) is 17.9. The van der Waals surface area contributed by atoms with Crippen LogP contribution in [0.3, 0.4) is 0 Å². The van der Waals surface area contributed by atoms with Crippen LogP contribution in [-0.4, -0.2) is 25.3 Å². The van der Waals surface area contributed by atoms with Crippen molar-refractivity contribution in [3.63, 3.8) is 0 Å². The molecule has 1 aromatic heterocycles. The Hall–Kier alpha value is -3.52. The number of rotatable bonds is 4. The molecule has 1 aliphatic rings. The monoisotopic (exact) mass is 401 g/mol. The molecule has 0 fully saturated rings. The van der Waals surface area contributed by atoms with Crippen molar-refractivity contribution in [2.24, 2.45) is 0 Å². The molecule has 8 nitrogen and oxygen atoms in total. The maximum Gasteiger partial charge on any atom is 0.374 e. The molecule has 0 saturated heterocycles. The fraction of sp³-hybridized carbons (Fsp3) is 0.105. The highest BCUT2D eigenvalue weighted by Crippen LogP contribution is 2.34. The van der Waals surface area contributed by atoms with Crippen LogP contribution in [0.4, 0.5) is 5.69 Å². The Kier molecular flexibility index (Phi) is 4.62. The van der Waals surface area contributed by atoms with Gasteiger partial charge in [0, 0.05) is 22.8 Å². The van der Waals surface area contributed by atoms with E-state index in [1.54, 1.807) is 18.2 Å². The molecular weight excluding hydrogens is 390 g/mol. The topological polar surface area (TPSA) is 104 Å². The van der Waals surface area contributed by atoms with Gasteiger partial charge >= 0.3 is 5.97 Å². The Labute approximate surface area is 162 Å². The lowest BCUT2D eigenvalue weighted by Crippen LogP contribution is -2.21. The van der Waals surface area contributed by atoms with Gasteiger partial charge in [0.2, 0.25) is 12.6 Å². The SMILES string of the molecule is O=C(COC(=O)c1cc(=O)c2cc(Cl)ccc2o1)Nc1ccc2c(c1)OCO2. The van der Waals surface area contributed by atoms with Crippen molar-refractivity contribution < 1.29 is 28.2 Å². The summed E-state index contributed by atoms with van der Waals surface area (Å²) in [5.41, 5.74) is 0.202. The van der Waals surface area contributed by atoms with Crippen LogP contribution < -0.4 is 20.2 Å². The van der Waals surface area contributed by atoms with Crippen LogP contribution in [0.1, 0.15) is 10.6 Å². The molecule has 9 heteroatoms. The van der Waals surface area contributed by atoms with Crippen molar-refractivity contribution >= 4 is 40.1 Å². The molecule has 0 spiro atoms. The van der Waals surface area contributed by atoms with Crippen LogP contribution in [0.15, 0.2) is 51.7 Å². The molecule has 0 aliphatic carbocycles. The van der Waals surface area contributed by atoms with Gasteiger partial charge < -0.3 is 23.9 Å². The van der Waals surface area contributed by atoms with Crippen molar-refractivity contribution in [3.8, 4) is 11.5 Å². The van der Waals surface area contributed by atoms with Gasteiger partial charge in [-0.25, -0.2) is 4.79 Å². The Morgan fingerprint density at radius 2 is 1.89 bits per heavy atom. The van der Waals surface area contributed by atoms with Crippen molar-refractivity contribution in [2.45, 2.75) is 0 Å². The van der Waals surface area contributed by atoms with Gasteiger partial charge in [0.25, 0.3) is 5.91 Å². The van der Waals surface area contributed by atoms with Gasteiger partial charge in [-0.15, -0.1) is 0 Å². The first-order valence-electron chi connectivity index (χ1n) is 8.09. The Bertz CT molecular complexity index is 1150. The third-order valence-corrected chi connectivity index (χ3v) is 4.12. The first-order chi connectivity index (χ1) is 13.5. The summed E-state index contributed by atoms with van der Waals surface area (Å²) < 4.78 is 20.7. The van der Waals surface area contributed by atoms with Crippen LogP contribution in [0.5, 0.6) is 11.5 Å². The van der Waals surface area contributed by atoms with Crippen molar-refractivity contribution in [3.05, 3.63) is 63.5 Å². The van der Waals surface area contributed by atoms with Gasteiger partial charge in [0.15, 0.2) is 23.5 Å². The number of amides is 1. The predicted molar refractivity (Wildman–Crippen MR) is 99.0 cm³/mol. The van der Waals surface area contributed by atoms with Crippen LogP contribution in [0, 0.1) is 0 Å². The summed E-state index contributed by atoms with van der Waals surface area (Å²) in [4.78, 5) is 36.2. The molecule has 1 aliphatic heterocycles. The number of carbonyl (C=O) groups excluding carboxylic acids is 2. The molecule has 0 bridgehead atoms. The molecule has 0 unspecified atom stereocenters. The number of fused-ring (bicyclic) bond motifs is 2. The summed E-state index contributed by atoms with van der Waals surface area (Å²) in [5, 5.41) is 3.18. The molecule has 2 heterocycles. The second kappa shape index (κ2) is 7.24. The number of benzene rings is 2. The summed E-state index contributed by atoms with van der Waals surface area (Å²) in [6, 6.07) is 10.3. The predicted octanol–water partition coefficient (Wildman–Crippen LogP) is 2.97. The normalized spacial score (nSPS) is 12.0. The van der Waals surface area contributed by atoms with E-state index in [2.05, 4.69) is 5.32 Å². The van der Waals surface area contributed by atoms with Gasteiger partial charge in [-0.2, -0.15) is 0 Å². The summed E-state index contributed by atoms with van der Waals surface area (Å²) in [6.45, 7) is -0.441. The zero-order chi connectivity index (χ0) is 19.7. The number of esters is 1. The van der Waals surface area contributed by atoms with Gasteiger partial charge in [-0.05, 0) is 30.3 Å². The highest BCUT2D eigenvalue weighted by atomic mass is 35.5. The van der Waals surface area contributed by atoms with E-state index in [1.807, 2.05) is 0 Å². The quantitative estimate of drug-likeness (QED) is 0.670. The zero-order valence-corrected chi connectivity index (χ0v) is 14.9. The number of ether oxygens (including phenoxy) is 3. The lowest BCUT2D eigenvalue weighted by molar-refractivity contribution is -0.119. The van der Waals surface area contributed by atoms with Crippen LogP contribution in [0.25, 0.3) is 11.0 Å². The molecule has 1 amide bonds. The van der Waals surface area contributed by atoms with Crippen LogP contribution >= 0.6 is 11.6 Å². The summed E-state index contributed by atoms with van der Waals surface area (Å²) >= 11 is 5.84. The Morgan fingerprint density at radius 1 is 1.07 bits per heavy atom. The summed E-state index contributed by atoms with van der Waals surface area (Å²) in [5.74, 6) is -0.725. The molecule has 3 aromatic rings. The molecule has 0 atom stereocenters. The average molecular weight is 402 g/mol. The van der Waals surface area contributed by atoms with Gasteiger partial charge in [0.05, 0.1) is 5.39 Å². The lowest BCUT2D eigenvalue weighted by Gasteiger charge is -2.07. The average Bonchev–Trinajstić information content (AvgIpc) is 3.14. The highest BCUT2D eigenvalue weighted by Gasteiger charge is 2.17. The summed E-state index contributed by atoms with van der Waals surface area (Å²) in [6.07, 6.45) is 0. The number of hydrogen-bond donors (Lipinski definition) is 1. The van der Waals surface area contributed by atoms with E-state index in [9.17, 15) is 14.4 Å². The Morgan fingerprint density at radius 3 is 2.75 bits per heavy atom. The summed E-state index contributed by atoms with van der Waals surface area (Å²) in [7, 11) is 0. The van der Waals surface area contributed by atoms with E-state index in [0.717, 1.165) is 6.07 Å². The molecule has 1 N–H and O–H groups in total. The fourth-order valence-electron chi connectivity index (χ4n) is 2.60. The highest BCUT2D eigenvalue weighted by molar-refractivity contribution is 6.31. The maximum atomic E-state index is 12.1. The minimum Gasteiger partial charge on any atom is -0.454 e. The first-order valence-corrected chi connectivity index (χ1v) is 8.47. The van der Waals surface area contributed by atoms with Crippen molar-refractivity contribution in [1.29, 1.82) is 0 Å². The van der Waals surface area contributed by atoms with E-state index in [-0.39, 0.29) is 23.5 Å². The van der Waals surface area contributed by atoms with Crippen LogP contribution in [-0.2, 0) is 9.53 Å². The van der Waals surface area contributed by atoms with E-state index in [1.165, 1.54) is 18.2 Å². The van der Waals surface area contributed by atoms with Crippen molar-refractivity contribution in [1.82, 2.24) is 0 Å². The lowest BCUT2D eigenvalue weighted by atomic mass is 10.2. The molecule has 28 heavy (non-hydrogen) atoms.